The molecule has 3 aliphatic heterocycles. The molecule has 4 heteroatoms. The molecule has 3 fully saturated rings. The molecule has 3 heterocycles. The highest BCUT2D eigenvalue weighted by molar-refractivity contribution is 4.98. The predicted molar refractivity (Wildman–Crippen MR) is 69.7 cm³/mol. The first kappa shape index (κ1) is 12.9. The summed E-state index contributed by atoms with van der Waals surface area (Å²) in [6.45, 7) is 2.46. The van der Waals surface area contributed by atoms with Crippen LogP contribution in [0.2, 0.25) is 0 Å². The normalized spacial score (nSPS) is 43.0. The van der Waals surface area contributed by atoms with E-state index in [1.54, 1.807) is 12.2 Å². The van der Waals surface area contributed by atoms with Crippen LogP contribution in [0.5, 0.6) is 0 Å². The third-order valence-electron chi connectivity index (χ3n) is 5.22. The molecule has 0 aromatic heterocycles. The highest BCUT2D eigenvalue weighted by Crippen LogP contribution is 2.36. The summed E-state index contributed by atoms with van der Waals surface area (Å²) >= 11 is 0. The number of hydrogen-bond donors (Lipinski definition) is 1. The minimum atomic E-state index is 0.230. The van der Waals surface area contributed by atoms with Crippen molar-refractivity contribution in [1.82, 2.24) is 9.96 Å². The molecular formula is C14H26N2O2. The number of methoxy groups -OCH3 is 1. The maximum Gasteiger partial charge on any atom is 0.0750 e. The van der Waals surface area contributed by atoms with E-state index < -0.39 is 0 Å². The average Bonchev–Trinajstić information content (AvgIpc) is 2.40. The summed E-state index contributed by atoms with van der Waals surface area (Å²) < 4.78 is 5.51. The molecule has 3 aliphatic rings. The van der Waals surface area contributed by atoms with Gasteiger partial charge in [0.05, 0.1) is 18.2 Å². The molecule has 0 aromatic rings. The Labute approximate surface area is 110 Å². The topological polar surface area (TPSA) is 35.9 Å². The smallest absolute Gasteiger partial charge is 0.0750 e. The highest BCUT2D eigenvalue weighted by Gasteiger charge is 2.45. The van der Waals surface area contributed by atoms with Crippen LogP contribution < -0.4 is 0 Å². The van der Waals surface area contributed by atoms with E-state index >= 15 is 0 Å². The molecule has 104 valence electrons. The van der Waals surface area contributed by atoms with Crippen molar-refractivity contribution in [3.63, 3.8) is 0 Å². The van der Waals surface area contributed by atoms with Crippen molar-refractivity contribution < 1.29 is 9.94 Å². The number of hydrogen-bond acceptors (Lipinski definition) is 4. The molecular weight excluding hydrogens is 228 g/mol. The molecule has 18 heavy (non-hydrogen) atoms. The summed E-state index contributed by atoms with van der Waals surface area (Å²) in [6.07, 6.45) is 8.76. The molecule has 4 unspecified atom stereocenters. The quantitative estimate of drug-likeness (QED) is 0.816. The lowest BCUT2D eigenvalue weighted by Crippen LogP contribution is -2.63. The van der Waals surface area contributed by atoms with Gasteiger partial charge in [0, 0.05) is 13.2 Å². The van der Waals surface area contributed by atoms with E-state index in [0.717, 1.165) is 19.3 Å². The zero-order chi connectivity index (χ0) is 12.5. The lowest BCUT2D eigenvalue weighted by molar-refractivity contribution is -0.241. The number of nitrogens with zero attached hydrogens (tertiary/aromatic N) is 2. The summed E-state index contributed by atoms with van der Waals surface area (Å²) in [4.78, 5) is 2.63. The summed E-state index contributed by atoms with van der Waals surface area (Å²) in [6, 6.07) is 1.15. The van der Waals surface area contributed by atoms with Crippen molar-refractivity contribution in [1.29, 1.82) is 0 Å². The second-order valence-electron chi connectivity index (χ2n) is 6.11. The highest BCUT2D eigenvalue weighted by atomic mass is 16.5. The Morgan fingerprint density at radius 2 is 1.56 bits per heavy atom. The van der Waals surface area contributed by atoms with Crippen LogP contribution in [0.1, 0.15) is 44.9 Å². The first-order valence-electron chi connectivity index (χ1n) is 7.55. The Balaban J connectivity index is 1.69. The SMILES string of the molecule is COC1CCC2C(N3CCCCC3)CCC1N2O. The number of piperidine rings is 3. The van der Waals surface area contributed by atoms with Crippen molar-refractivity contribution in [2.75, 3.05) is 20.2 Å². The fourth-order valence-electron chi connectivity index (χ4n) is 4.25. The molecule has 0 aromatic carbocycles. The number of fused-ring (bicyclic) bond motifs is 2. The van der Waals surface area contributed by atoms with Crippen molar-refractivity contribution >= 4 is 0 Å². The number of rotatable bonds is 2. The molecule has 0 spiro atoms. The van der Waals surface area contributed by atoms with Crippen LogP contribution in [0.15, 0.2) is 0 Å². The Kier molecular flexibility index (Phi) is 3.89. The molecule has 1 N–H and O–H groups in total. The van der Waals surface area contributed by atoms with Gasteiger partial charge in [-0.15, -0.1) is 0 Å². The third-order valence-corrected chi connectivity index (χ3v) is 5.22. The minimum Gasteiger partial charge on any atom is -0.380 e. The van der Waals surface area contributed by atoms with Crippen molar-refractivity contribution in [3.05, 3.63) is 0 Å². The average molecular weight is 254 g/mol. The summed E-state index contributed by atoms with van der Waals surface area (Å²) in [7, 11) is 1.77. The van der Waals surface area contributed by atoms with Gasteiger partial charge in [0.2, 0.25) is 0 Å². The fraction of sp³-hybridized carbons (Fsp3) is 1.00. The Morgan fingerprint density at radius 1 is 0.889 bits per heavy atom. The minimum absolute atomic E-state index is 0.230. The van der Waals surface area contributed by atoms with E-state index in [4.69, 9.17) is 4.74 Å². The van der Waals surface area contributed by atoms with Crippen LogP contribution in [-0.2, 0) is 4.74 Å². The van der Waals surface area contributed by atoms with Gasteiger partial charge in [0.25, 0.3) is 0 Å². The zero-order valence-corrected chi connectivity index (χ0v) is 11.4. The van der Waals surface area contributed by atoms with Gasteiger partial charge in [-0.05, 0) is 51.6 Å². The van der Waals surface area contributed by atoms with Gasteiger partial charge in [-0.1, -0.05) is 6.42 Å². The second kappa shape index (κ2) is 5.45. The molecule has 3 saturated heterocycles. The molecule has 0 radical (unpaired) electrons. The van der Waals surface area contributed by atoms with E-state index in [2.05, 4.69) is 4.90 Å². The van der Waals surface area contributed by atoms with Crippen molar-refractivity contribution in [3.8, 4) is 0 Å². The van der Waals surface area contributed by atoms with Gasteiger partial charge in [0.15, 0.2) is 0 Å². The second-order valence-corrected chi connectivity index (χ2v) is 6.11. The Hall–Kier alpha value is -0.160. The molecule has 0 saturated carbocycles. The molecule has 0 amide bonds. The molecule has 3 rings (SSSR count). The van der Waals surface area contributed by atoms with Crippen LogP contribution in [0, 0.1) is 0 Å². The number of likely N-dealkylation sites (tertiary alicyclic amines) is 1. The van der Waals surface area contributed by atoms with Crippen LogP contribution in [0.4, 0.5) is 0 Å². The summed E-state index contributed by atoms with van der Waals surface area (Å²) in [5, 5.41) is 12.1. The van der Waals surface area contributed by atoms with E-state index in [0.29, 0.717) is 12.1 Å². The van der Waals surface area contributed by atoms with Gasteiger partial charge >= 0.3 is 0 Å². The monoisotopic (exact) mass is 254 g/mol. The zero-order valence-electron chi connectivity index (χ0n) is 11.4. The van der Waals surface area contributed by atoms with E-state index in [-0.39, 0.29) is 12.1 Å². The van der Waals surface area contributed by atoms with Gasteiger partial charge in [-0.25, -0.2) is 0 Å². The summed E-state index contributed by atoms with van der Waals surface area (Å²) in [5.74, 6) is 0. The maximum absolute atomic E-state index is 10.4. The van der Waals surface area contributed by atoms with E-state index in [1.807, 2.05) is 0 Å². The lowest BCUT2D eigenvalue weighted by atomic mass is 9.80. The van der Waals surface area contributed by atoms with E-state index in [1.165, 1.54) is 38.8 Å². The first-order valence-corrected chi connectivity index (χ1v) is 7.55. The predicted octanol–water partition coefficient (Wildman–Crippen LogP) is 1.87. The molecule has 2 bridgehead atoms. The number of hydroxylamine groups is 2. The standard InChI is InChI=1S/C14H26N2O2/c1-18-14-8-7-12-11(5-6-13(14)16(12)17)15-9-3-2-4-10-15/h11-14,17H,2-10H2,1H3. The Morgan fingerprint density at radius 3 is 2.28 bits per heavy atom. The number of ether oxygens (including phenoxy) is 1. The van der Waals surface area contributed by atoms with E-state index in [9.17, 15) is 5.21 Å². The Bertz CT molecular complexity index is 281. The van der Waals surface area contributed by atoms with Gasteiger partial charge in [-0.2, -0.15) is 5.06 Å². The summed E-state index contributed by atoms with van der Waals surface area (Å²) in [5.41, 5.74) is 0. The maximum atomic E-state index is 10.4. The molecule has 0 aliphatic carbocycles. The molecule has 4 nitrogen and oxygen atoms in total. The van der Waals surface area contributed by atoms with Gasteiger partial charge in [-0.3, -0.25) is 4.90 Å². The third kappa shape index (κ3) is 2.20. The molecule has 4 atom stereocenters. The fourth-order valence-corrected chi connectivity index (χ4v) is 4.25. The van der Waals surface area contributed by atoms with Crippen LogP contribution in [0.3, 0.4) is 0 Å². The van der Waals surface area contributed by atoms with Crippen LogP contribution in [-0.4, -0.2) is 59.6 Å². The van der Waals surface area contributed by atoms with Crippen molar-refractivity contribution in [2.24, 2.45) is 0 Å². The lowest BCUT2D eigenvalue weighted by Gasteiger charge is -2.52. The van der Waals surface area contributed by atoms with Crippen LogP contribution >= 0.6 is 0 Å². The van der Waals surface area contributed by atoms with Gasteiger partial charge < -0.3 is 9.94 Å². The van der Waals surface area contributed by atoms with Gasteiger partial charge in [0.1, 0.15) is 0 Å². The van der Waals surface area contributed by atoms with Crippen molar-refractivity contribution in [2.45, 2.75) is 69.2 Å². The van der Waals surface area contributed by atoms with Crippen LogP contribution in [0.25, 0.3) is 0 Å². The largest absolute Gasteiger partial charge is 0.380 e. The first-order chi connectivity index (χ1) is 8.81.